The molecule has 3 rings (SSSR count). The van der Waals surface area contributed by atoms with Crippen molar-refractivity contribution in [3.63, 3.8) is 0 Å². The largest absolute Gasteiger partial charge is 0.346 e. The summed E-state index contributed by atoms with van der Waals surface area (Å²) in [6, 6.07) is 0. The van der Waals surface area contributed by atoms with Crippen LogP contribution in [0.25, 0.3) is 0 Å². The summed E-state index contributed by atoms with van der Waals surface area (Å²) in [6.07, 6.45) is 1.48. The van der Waals surface area contributed by atoms with Crippen LogP contribution in [-0.2, 0) is 18.9 Å². The number of rotatable bonds is 0. The maximum atomic E-state index is 5.76. The fraction of sp³-hybridized carbons (Fsp3) is 1.00. The van der Waals surface area contributed by atoms with E-state index in [1.807, 2.05) is 0 Å². The number of hydrogen-bond acceptors (Lipinski definition) is 4. The number of alkyl halides is 2. The summed E-state index contributed by atoms with van der Waals surface area (Å²) in [5, 5.41) is 0. The minimum Gasteiger partial charge on any atom is -0.346 e. The first kappa shape index (κ1) is 11.9. The molecule has 0 radical (unpaired) electrons. The standard InChI is InChI=1S/C10H14Br2O4/c11-7-6-10(15-3-4-16-10)8(12)5-9(7)13-1-2-14-9/h7-8H,1-6H2. The van der Waals surface area contributed by atoms with Crippen LogP contribution in [0.15, 0.2) is 0 Å². The minimum absolute atomic E-state index is 0.106. The molecule has 0 aromatic heterocycles. The van der Waals surface area contributed by atoms with Crippen LogP contribution in [-0.4, -0.2) is 47.7 Å². The van der Waals surface area contributed by atoms with Gasteiger partial charge < -0.3 is 18.9 Å². The minimum atomic E-state index is -0.505. The van der Waals surface area contributed by atoms with Crippen molar-refractivity contribution in [2.75, 3.05) is 26.4 Å². The van der Waals surface area contributed by atoms with Crippen molar-refractivity contribution >= 4 is 31.9 Å². The number of halogens is 2. The third kappa shape index (κ3) is 1.69. The van der Waals surface area contributed by atoms with Gasteiger partial charge >= 0.3 is 0 Å². The van der Waals surface area contributed by atoms with Crippen LogP contribution in [0.2, 0.25) is 0 Å². The lowest BCUT2D eigenvalue weighted by atomic mass is 9.88. The van der Waals surface area contributed by atoms with Crippen LogP contribution in [0, 0.1) is 0 Å². The molecule has 2 spiro atoms. The zero-order chi connectivity index (χ0) is 11.2. The topological polar surface area (TPSA) is 36.9 Å². The maximum Gasteiger partial charge on any atom is 0.182 e. The molecule has 2 heterocycles. The Hall–Kier alpha value is 0.800. The molecule has 0 aromatic rings. The fourth-order valence-corrected chi connectivity index (χ4v) is 4.41. The normalized spacial score (nSPS) is 40.9. The van der Waals surface area contributed by atoms with Crippen LogP contribution in [0.3, 0.4) is 0 Å². The molecule has 3 fully saturated rings. The molecule has 0 amide bonds. The van der Waals surface area contributed by atoms with Crippen LogP contribution >= 0.6 is 31.9 Å². The highest BCUT2D eigenvalue weighted by Crippen LogP contribution is 2.49. The van der Waals surface area contributed by atoms with Gasteiger partial charge in [-0.1, -0.05) is 31.9 Å². The third-order valence-electron chi connectivity index (χ3n) is 3.43. The monoisotopic (exact) mass is 356 g/mol. The quantitative estimate of drug-likeness (QED) is 0.619. The van der Waals surface area contributed by atoms with Crippen molar-refractivity contribution in [1.29, 1.82) is 0 Å². The summed E-state index contributed by atoms with van der Waals surface area (Å²) in [7, 11) is 0. The average molecular weight is 358 g/mol. The van der Waals surface area contributed by atoms with Crippen molar-refractivity contribution in [2.24, 2.45) is 0 Å². The van der Waals surface area contributed by atoms with Gasteiger partial charge in [0.1, 0.15) is 0 Å². The molecule has 1 aliphatic carbocycles. The predicted molar refractivity (Wildman–Crippen MR) is 63.9 cm³/mol. The third-order valence-corrected chi connectivity index (χ3v) is 5.48. The van der Waals surface area contributed by atoms with Gasteiger partial charge in [0.2, 0.25) is 0 Å². The molecule has 2 saturated heterocycles. The molecule has 3 aliphatic rings. The summed E-state index contributed by atoms with van der Waals surface area (Å²) in [6.45, 7) is 2.65. The maximum absolute atomic E-state index is 5.76. The second kappa shape index (κ2) is 4.17. The molecule has 6 heteroatoms. The van der Waals surface area contributed by atoms with Crippen molar-refractivity contribution < 1.29 is 18.9 Å². The van der Waals surface area contributed by atoms with Gasteiger partial charge in [-0.15, -0.1) is 0 Å². The molecule has 4 nitrogen and oxygen atoms in total. The van der Waals surface area contributed by atoms with Gasteiger partial charge in [-0.05, 0) is 0 Å². The highest BCUT2D eigenvalue weighted by molar-refractivity contribution is 9.10. The Kier molecular flexibility index (Phi) is 3.09. The molecule has 2 aliphatic heterocycles. The Labute approximate surface area is 111 Å². The Bertz CT molecular complexity index is 246. The molecule has 0 N–H and O–H groups in total. The van der Waals surface area contributed by atoms with E-state index in [-0.39, 0.29) is 9.65 Å². The van der Waals surface area contributed by atoms with Gasteiger partial charge in [0.15, 0.2) is 11.6 Å². The Morgan fingerprint density at radius 2 is 1.00 bits per heavy atom. The van der Waals surface area contributed by atoms with Crippen molar-refractivity contribution in [2.45, 2.75) is 34.1 Å². The van der Waals surface area contributed by atoms with Crippen molar-refractivity contribution in [1.82, 2.24) is 0 Å². The van der Waals surface area contributed by atoms with E-state index in [2.05, 4.69) is 31.9 Å². The SMILES string of the molecule is BrC1CC2(OCCO2)C(Br)CC12OCCO2. The molecular weight excluding hydrogens is 344 g/mol. The average Bonchev–Trinajstić information content (AvgIpc) is 2.86. The molecular formula is C10H14Br2O4. The number of ether oxygens (including phenoxy) is 4. The van der Waals surface area contributed by atoms with E-state index in [0.717, 1.165) is 12.8 Å². The molecule has 1 saturated carbocycles. The van der Waals surface area contributed by atoms with Gasteiger partial charge in [0.05, 0.1) is 36.1 Å². The molecule has 0 bridgehead atoms. The summed E-state index contributed by atoms with van der Waals surface area (Å²) < 4.78 is 23.0. The van der Waals surface area contributed by atoms with Crippen molar-refractivity contribution in [3.8, 4) is 0 Å². The van der Waals surface area contributed by atoms with E-state index >= 15 is 0 Å². The molecule has 2 unspecified atom stereocenters. The highest BCUT2D eigenvalue weighted by Gasteiger charge is 2.59. The second-order valence-corrected chi connectivity index (χ2v) is 6.57. The van der Waals surface area contributed by atoms with Gasteiger partial charge in [0.25, 0.3) is 0 Å². The van der Waals surface area contributed by atoms with Gasteiger partial charge in [-0.3, -0.25) is 0 Å². The second-order valence-electron chi connectivity index (χ2n) is 4.36. The smallest absolute Gasteiger partial charge is 0.182 e. The lowest BCUT2D eigenvalue weighted by molar-refractivity contribution is -0.239. The van der Waals surface area contributed by atoms with Crippen LogP contribution in [0.4, 0.5) is 0 Å². The molecule has 16 heavy (non-hydrogen) atoms. The summed E-state index contributed by atoms with van der Waals surface area (Å²) >= 11 is 7.31. The summed E-state index contributed by atoms with van der Waals surface area (Å²) in [5.74, 6) is -1.01. The zero-order valence-corrected chi connectivity index (χ0v) is 12.0. The van der Waals surface area contributed by atoms with Gasteiger partial charge in [-0.25, -0.2) is 0 Å². The first-order valence-corrected chi connectivity index (χ1v) is 7.34. The molecule has 0 aromatic carbocycles. The van der Waals surface area contributed by atoms with E-state index in [1.165, 1.54) is 0 Å². The lowest BCUT2D eigenvalue weighted by Crippen LogP contribution is -2.57. The van der Waals surface area contributed by atoms with Gasteiger partial charge in [-0.2, -0.15) is 0 Å². The molecule has 2 atom stereocenters. The first-order chi connectivity index (χ1) is 7.67. The first-order valence-electron chi connectivity index (χ1n) is 5.51. The Morgan fingerprint density at radius 1 is 0.688 bits per heavy atom. The van der Waals surface area contributed by atoms with E-state index < -0.39 is 11.6 Å². The van der Waals surface area contributed by atoms with E-state index in [9.17, 15) is 0 Å². The summed E-state index contributed by atoms with van der Waals surface area (Å²) in [4.78, 5) is 0.212. The Balaban J connectivity index is 1.81. The van der Waals surface area contributed by atoms with E-state index in [0.29, 0.717) is 26.4 Å². The van der Waals surface area contributed by atoms with E-state index in [1.54, 1.807) is 0 Å². The highest BCUT2D eigenvalue weighted by atomic mass is 79.9. The van der Waals surface area contributed by atoms with Gasteiger partial charge in [0, 0.05) is 12.8 Å². The Morgan fingerprint density at radius 3 is 1.31 bits per heavy atom. The zero-order valence-electron chi connectivity index (χ0n) is 8.79. The van der Waals surface area contributed by atoms with Crippen LogP contribution in [0.1, 0.15) is 12.8 Å². The summed E-state index contributed by atoms with van der Waals surface area (Å²) in [5.41, 5.74) is 0. The van der Waals surface area contributed by atoms with E-state index in [4.69, 9.17) is 18.9 Å². The lowest BCUT2D eigenvalue weighted by Gasteiger charge is -2.46. The molecule has 92 valence electrons. The van der Waals surface area contributed by atoms with Crippen molar-refractivity contribution in [3.05, 3.63) is 0 Å². The van der Waals surface area contributed by atoms with Crippen LogP contribution in [0.5, 0.6) is 0 Å². The van der Waals surface area contributed by atoms with Crippen LogP contribution < -0.4 is 0 Å². The fourth-order valence-electron chi connectivity index (χ4n) is 2.60. The predicted octanol–water partition coefficient (Wildman–Crippen LogP) is 1.79. The number of hydrogen-bond donors (Lipinski definition) is 0.